The predicted molar refractivity (Wildman–Crippen MR) is 79.0 cm³/mol. The van der Waals surface area contributed by atoms with Crippen LogP contribution in [0.3, 0.4) is 0 Å². The van der Waals surface area contributed by atoms with Crippen molar-refractivity contribution in [2.75, 3.05) is 0 Å². The zero-order valence-electron chi connectivity index (χ0n) is 11.3. The van der Waals surface area contributed by atoms with Gasteiger partial charge in [-0.3, -0.25) is 0 Å². The molecule has 0 unspecified atom stereocenters. The predicted octanol–water partition coefficient (Wildman–Crippen LogP) is 4.46. The van der Waals surface area contributed by atoms with E-state index >= 15 is 0 Å². The average Bonchev–Trinajstić information content (AvgIpc) is 2.82. The number of hydrogen-bond donors (Lipinski definition) is 0. The molecule has 19 heavy (non-hydrogen) atoms. The van der Waals surface area contributed by atoms with Crippen molar-refractivity contribution in [2.45, 2.75) is 39.2 Å². The van der Waals surface area contributed by atoms with Gasteiger partial charge in [-0.1, -0.05) is 49.0 Å². The smallest absolute Gasteiger partial charge is 0.141 e. The van der Waals surface area contributed by atoms with Crippen molar-refractivity contribution in [3.63, 3.8) is 0 Å². The molecule has 0 spiro atoms. The molecule has 0 bridgehead atoms. The van der Waals surface area contributed by atoms with Crippen molar-refractivity contribution < 1.29 is 4.74 Å². The summed E-state index contributed by atoms with van der Waals surface area (Å²) in [4.78, 5) is 0. The fourth-order valence-electron chi connectivity index (χ4n) is 1.64. The van der Waals surface area contributed by atoms with Crippen LogP contribution in [0, 0.1) is 0 Å². The van der Waals surface area contributed by atoms with Crippen LogP contribution < -0.4 is 4.74 Å². The second kappa shape index (κ2) is 5.88. The summed E-state index contributed by atoms with van der Waals surface area (Å²) in [6.45, 7) is 7.03. The Bertz CT molecular complexity index is 537. The molecule has 2 aromatic rings. The Morgan fingerprint density at radius 2 is 1.95 bits per heavy atom. The minimum absolute atomic E-state index is 0.195. The van der Waals surface area contributed by atoms with Crippen LogP contribution in [0.4, 0.5) is 0 Å². The lowest BCUT2D eigenvalue weighted by Crippen LogP contribution is -2.15. The number of nitrogens with zero attached hydrogens (tertiary/aromatic N) is 2. The highest BCUT2D eigenvalue weighted by molar-refractivity contribution is 7.10. The number of benzene rings is 1. The summed E-state index contributed by atoms with van der Waals surface area (Å²) < 4.78 is 10.0. The van der Waals surface area contributed by atoms with Crippen LogP contribution in [-0.2, 0) is 12.0 Å². The van der Waals surface area contributed by atoms with Gasteiger partial charge < -0.3 is 4.74 Å². The third-order valence-electron chi connectivity index (χ3n) is 3.40. The molecule has 1 aromatic heterocycles. The van der Waals surface area contributed by atoms with E-state index in [2.05, 4.69) is 42.5 Å². The number of ether oxygens (including phenoxy) is 1. The molecular formula is C14H17ClN2OS. The molecule has 2 rings (SSSR count). The minimum atomic E-state index is 0.195. The topological polar surface area (TPSA) is 35.0 Å². The van der Waals surface area contributed by atoms with Crippen molar-refractivity contribution >= 4 is 23.1 Å². The van der Waals surface area contributed by atoms with Crippen molar-refractivity contribution in [1.82, 2.24) is 9.59 Å². The molecule has 3 nitrogen and oxygen atoms in total. The zero-order valence-corrected chi connectivity index (χ0v) is 12.9. The van der Waals surface area contributed by atoms with Gasteiger partial charge in [0.25, 0.3) is 0 Å². The first-order chi connectivity index (χ1) is 9.03. The summed E-state index contributed by atoms with van der Waals surface area (Å²) in [5.74, 6) is 0.819. The van der Waals surface area contributed by atoms with Crippen LogP contribution in [0.5, 0.6) is 5.75 Å². The maximum Gasteiger partial charge on any atom is 0.141 e. The SMILES string of the molecule is CCC(C)(C)c1ccc(OCc2nnsc2Cl)cc1. The summed E-state index contributed by atoms with van der Waals surface area (Å²) in [6.07, 6.45) is 1.10. The van der Waals surface area contributed by atoms with Crippen LogP contribution in [0.2, 0.25) is 4.34 Å². The van der Waals surface area contributed by atoms with Crippen LogP contribution in [0.1, 0.15) is 38.4 Å². The van der Waals surface area contributed by atoms with Gasteiger partial charge in [0.2, 0.25) is 0 Å². The van der Waals surface area contributed by atoms with E-state index in [0.29, 0.717) is 16.6 Å². The molecule has 0 amide bonds. The fraction of sp³-hybridized carbons (Fsp3) is 0.429. The van der Waals surface area contributed by atoms with Gasteiger partial charge in [0.1, 0.15) is 22.4 Å². The molecule has 0 N–H and O–H groups in total. The van der Waals surface area contributed by atoms with Crippen molar-refractivity contribution in [3.8, 4) is 5.75 Å². The third kappa shape index (κ3) is 3.45. The Labute approximate surface area is 122 Å². The molecular weight excluding hydrogens is 280 g/mol. The highest BCUT2D eigenvalue weighted by atomic mass is 35.5. The van der Waals surface area contributed by atoms with E-state index in [-0.39, 0.29) is 5.41 Å². The first kappa shape index (κ1) is 14.3. The number of rotatable bonds is 5. The molecule has 0 atom stereocenters. The average molecular weight is 297 g/mol. The number of aromatic nitrogens is 2. The van der Waals surface area contributed by atoms with E-state index in [1.54, 1.807) is 0 Å². The molecule has 0 radical (unpaired) electrons. The Kier molecular flexibility index (Phi) is 4.42. The van der Waals surface area contributed by atoms with Crippen LogP contribution in [0.15, 0.2) is 24.3 Å². The van der Waals surface area contributed by atoms with Gasteiger partial charge in [0.05, 0.1) is 0 Å². The number of halogens is 1. The summed E-state index contributed by atoms with van der Waals surface area (Å²) in [5.41, 5.74) is 2.20. The van der Waals surface area contributed by atoms with Gasteiger partial charge in [0.15, 0.2) is 0 Å². The first-order valence-corrected chi connectivity index (χ1v) is 7.38. The molecule has 0 aliphatic carbocycles. The lowest BCUT2D eigenvalue weighted by Gasteiger charge is -2.23. The van der Waals surface area contributed by atoms with Crippen molar-refractivity contribution in [3.05, 3.63) is 39.9 Å². The van der Waals surface area contributed by atoms with Gasteiger partial charge in [0, 0.05) is 11.5 Å². The molecule has 102 valence electrons. The first-order valence-electron chi connectivity index (χ1n) is 6.23. The van der Waals surface area contributed by atoms with Gasteiger partial charge in [-0.2, -0.15) is 0 Å². The maximum atomic E-state index is 5.92. The van der Waals surface area contributed by atoms with Crippen LogP contribution in [-0.4, -0.2) is 9.59 Å². The lowest BCUT2D eigenvalue weighted by atomic mass is 9.82. The van der Waals surface area contributed by atoms with Gasteiger partial charge in [-0.15, -0.1) is 5.10 Å². The quantitative estimate of drug-likeness (QED) is 0.817. The summed E-state index contributed by atoms with van der Waals surface area (Å²) >= 11 is 7.10. The normalized spacial score (nSPS) is 11.6. The van der Waals surface area contributed by atoms with E-state index in [1.165, 1.54) is 17.1 Å². The van der Waals surface area contributed by atoms with Gasteiger partial charge >= 0.3 is 0 Å². The third-order valence-corrected chi connectivity index (χ3v) is 4.39. The largest absolute Gasteiger partial charge is 0.487 e. The van der Waals surface area contributed by atoms with Crippen LogP contribution >= 0.6 is 23.1 Å². The highest BCUT2D eigenvalue weighted by Crippen LogP contribution is 2.28. The number of hydrogen-bond acceptors (Lipinski definition) is 4. The molecule has 0 fully saturated rings. The molecule has 0 aliphatic heterocycles. The fourth-order valence-corrected chi connectivity index (χ4v) is 2.24. The lowest BCUT2D eigenvalue weighted by molar-refractivity contribution is 0.301. The van der Waals surface area contributed by atoms with Gasteiger partial charge in [-0.25, -0.2) is 0 Å². The zero-order chi connectivity index (χ0) is 13.9. The Morgan fingerprint density at radius 3 is 2.47 bits per heavy atom. The molecule has 5 heteroatoms. The Hall–Kier alpha value is -1.13. The van der Waals surface area contributed by atoms with Crippen molar-refractivity contribution in [2.24, 2.45) is 0 Å². The minimum Gasteiger partial charge on any atom is -0.487 e. The van der Waals surface area contributed by atoms with E-state index < -0.39 is 0 Å². The molecule has 1 aromatic carbocycles. The Balaban J connectivity index is 2.01. The molecule has 0 aliphatic rings. The second-order valence-corrected chi connectivity index (χ2v) is 6.40. The monoisotopic (exact) mass is 296 g/mol. The molecule has 1 heterocycles. The summed E-state index contributed by atoms with van der Waals surface area (Å²) in [6, 6.07) is 8.19. The Morgan fingerprint density at radius 1 is 1.26 bits per heavy atom. The van der Waals surface area contributed by atoms with E-state index in [0.717, 1.165) is 12.2 Å². The highest BCUT2D eigenvalue weighted by Gasteiger charge is 2.17. The van der Waals surface area contributed by atoms with Gasteiger partial charge in [-0.05, 0) is 29.5 Å². The maximum absolute atomic E-state index is 5.92. The van der Waals surface area contributed by atoms with Crippen molar-refractivity contribution in [1.29, 1.82) is 0 Å². The molecule has 0 saturated heterocycles. The summed E-state index contributed by atoms with van der Waals surface area (Å²) in [5, 5.41) is 3.91. The standard InChI is InChI=1S/C14H17ClN2OS/c1-4-14(2,3)10-5-7-11(8-6-10)18-9-12-13(15)19-17-16-12/h5-8H,4,9H2,1-3H3. The van der Waals surface area contributed by atoms with Crippen LogP contribution in [0.25, 0.3) is 0 Å². The summed E-state index contributed by atoms with van der Waals surface area (Å²) in [7, 11) is 0. The van der Waals surface area contributed by atoms with E-state index in [1.807, 2.05) is 12.1 Å². The second-order valence-electron chi connectivity index (χ2n) is 5.04. The molecule has 0 saturated carbocycles. The van der Waals surface area contributed by atoms with E-state index in [9.17, 15) is 0 Å². The van der Waals surface area contributed by atoms with E-state index in [4.69, 9.17) is 16.3 Å².